The van der Waals surface area contributed by atoms with Crippen molar-refractivity contribution in [1.29, 1.82) is 0 Å². The second-order valence-electron chi connectivity index (χ2n) is 4.31. The largest absolute Gasteiger partial charge is 0.313 e. The molecule has 18 heavy (non-hydrogen) atoms. The molecule has 1 rings (SSSR count). The molecule has 1 aromatic rings. The number of nitrogens with one attached hydrogen (secondary N) is 2. The summed E-state index contributed by atoms with van der Waals surface area (Å²) in [6.07, 6.45) is 6.91. The van der Waals surface area contributed by atoms with Crippen molar-refractivity contribution >= 4 is 10.0 Å². The Labute approximate surface area is 109 Å². The van der Waals surface area contributed by atoms with Crippen LogP contribution in [0.2, 0.25) is 0 Å². The lowest BCUT2D eigenvalue weighted by molar-refractivity contribution is 0.579. The average molecular weight is 274 g/mol. The lowest BCUT2D eigenvalue weighted by atomic mass is 10.3. The fourth-order valence-electron chi connectivity index (χ4n) is 1.55. The molecule has 0 saturated carbocycles. The van der Waals surface area contributed by atoms with Gasteiger partial charge in [0.05, 0.1) is 12.5 Å². The molecule has 0 bridgehead atoms. The third-order valence-electron chi connectivity index (χ3n) is 2.36. The van der Waals surface area contributed by atoms with Crippen LogP contribution in [-0.2, 0) is 23.1 Å². The van der Waals surface area contributed by atoms with Crippen LogP contribution in [0, 0.1) is 0 Å². The van der Waals surface area contributed by atoms with Crippen LogP contribution in [0.25, 0.3) is 0 Å². The highest BCUT2D eigenvalue weighted by atomic mass is 32.2. The normalized spacial score (nSPS) is 11.9. The zero-order valence-electron chi connectivity index (χ0n) is 11.0. The zero-order chi connectivity index (χ0) is 13.4. The quantitative estimate of drug-likeness (QED) is 0.636. The molecule has 1 aromatic heterocycles. The molecule has 2 N–H and O–H groups in total. The van der Waals surface area contributed by atoms with Crippen LogP contribution in [0.3, 0.4) is 0 Å². The minimum atomic E-state index is -3.06. The Balaban J connectivity index is 2.10. The van der Waals surface area contributed by atoms with E-state index in [1.54, 1.807) is 0 Å². The molecule has 0 aromatic carbocycles. The first kappa shape index (κ1) is 15.1. The van der Waals surface area contributed by atoms with Crippen molar-refractivity contribution in [3.05, 3.63) is 18.0 Å². The van der Waals surface area contributed by atoms with Gasteiger partial charge in [0.1, 0.15) is 0 Å². The number of hydrogen-bond acceptors (Lipinski definition) is 4. The standard InChI is InChI=1S/C11H22N4O2S/c1-3-7-15-10-11(9-13-15)8-12-5-4-6-14-18(2,16)17/h9-10,12,14H,3-8H2,1-2H3. The number of nitrogens with zero attached hydrogens (tertiary/aromatic N) is 2. The number of sulfonamides is 1. The van der Waals surface area contributed by atoms with Crippen molar-refractivity contribution in [2.45, 2.75) is 32.9 Å². The maximum absolute atomic E-state index is 10.8. The summed E-state index contributed by atoms with van der Waals surface area (Å²) in [6, 6.07) is 0. The molecular formula is C11H22N4O2S. The average Bonchev–Trinajstić information content (AvgIpc) is 2.70. The number of aryl methyl sites for hydroxylation is 1. The van der Waals surface area contributed by atoms with Crippen molar-refractivity contribution in [3.8, 4) is 0 Å². The second kappa shape index (κ2) is 7.50. The van der Waals surface area contributed by atoms with Crippen LogP contribution in [0.1, 0.15) is 25.3 Å². The first-order valence-electron chi connectivity index (χ1n) is 6.18. The third kappa shape index (κ3) is 6.73. The van der Waals surface area contributed by atoms with Crippen LogP contribution in [0.4, 0.5) is 0 Å². The van der Waals surface area contributed by atoms with Gasteiger partial charge in [0.25, 0.3) is 0 Å². The molecule has 6 nitrogen and oxygen atoms in total. The van der Waals surface area contributed by atoms with Gasteiger partial charge in [-0.2, -0.15) is 5.10 Å². The predicted octanol–water partition coefficient (Wildman–Crippen LogP) is 0.322. The van der Waals surface area contributed by atoms with E-state index in [-0.39, 0.29) is 0 Å². The van der Waals surface area contributed by atoms with E-state index in [2.05, 4.69) is 22.1 Å². The number of rotatable bonds is 9. The van der Waals surface area contributed by atoms with Gasteiger partial charge < -0.3 is 5.32 Å². The minimum absolute atomic E-state index is 0.473. The molecular weight excluding hydrogens is 252 g/mol. The van der Waals surface area contributed by atoms with E-state index in [0.29, 0.717) is 6.54 Å². The monoisotopic (exact) mass is 274 g/mol. The summed E-state index contributed by atoms with van der Waals surface area (Å²) in [5, 5.41) is 7.49. The topological polar surface area (TPSA) is 76.0 Å². The Morgan fingerprint density at radius 2 is 2.17 bits per heavy atom. The maximum atomic E-state index is 10.8. The molecule has 0 atom stereocenters. The van der Waals surface area contributed by atoms with E-state index in [1.807, 2.05) is 17.1 Å². The molecule has 0 amide bonds. The fraction of sp³-hybridized carbons (Fsp3) is 0.727. The Kier molecular flexibility index (Phi) is 6.31. The van der Waals surface area contributed by atoms with E-state index in [9.17, 15) is 8.42 Å². The van der Waals surface area contributed by atoms with Gasteiger partial charge in [-0.1, -0.05) is 6.92 Å². The van der Waals surface area contributed by atoms with E-state index in [0.717, 1.165) is 38.0 Å². The van der Waals surface area contributed by atoms with Crippen LogP contribution in [0.15, 0.2) is 12.4 Å². The van der Waals surface area contributed by atoms with Gasteiger partial charge in [0, 0.05) is 31.4 Å². The van der Waals surface area contributed by atoms with E-state index in [4.69, 9.17) is 0 Å². The highest BCUT2D eigenvalue weighted by molar-refractivity contribution is 7.88. The first-order chi connectivity index (χ1) is 8.51. The maximum Gasteiger partial charge on any atom is 0.208 e. The van der Waals surface area contributed by atoms with Gasteiger partial charge in [0.15, 0.2) is 0 Å². The van der Waals surface area contributed by atoms with E-state index >= 15 is 0 Å². The van der Waals surface area contributed by atoms with Gasteiger partial charge >= 0.3 is 0 Å². The summed E-state index contributed by atoms with van der Waals surface area (Å²) in [5.74, 6) is 0. The molecule has 1 heterocycles. The van der Waals surface area contributed by atoms with Crippen LogP contribution in [0.5, 0.6) is 0 Å². The minimum Gasteiger partial charge on any atom is -0.313 e. The predicted molar refractivity (Wildman–Crippen MR) is 71.7 cm³/mol. The van der Waals surface area contributed by atoms with Gasteiger partial charge in [-0.3, -0.25) is 4.68 Å². The fourth-order valence-corrected chi connectivity index (χ4v) is 2.07. The van der Waals surface area contributed by atoms with Crippen molar-refractivity contribution in [1.82, 2.24) is 19.8 Å². The summed E-state index contributed by atoms with van der Waals surface area (Å²) in [4.78, 5) is 0. The van der Waals surface area contributed by atoms with Crippen LogP contribution >= 0.6 is 0 Å². The molecule has 0 aliphatic carbocycles. The summed E-state index contributed by atoms with van der Waals surface area (Å²) in [7, 11) is -3.06. The molecule has 0 aliphatic rings. The molecule has 0 unspecified atom stereocenters. The Morgan fingerprint density at radius 3 is 2.83 bits per heavy atom. The Morgan fingerprint density at radius 1 is 1.39 bits per heavy atom. The number of aromatic nitrogens is 2. The highest BCUT2D eigenvalue weighted by Gasteiger charge is 1.99. The first-order valence-corrected chi connectivity index (χ1v) is 8.07. The summed E-state index contributed by atoms with van der Waals surface area (Å²) in [6.45, 7) is 5.08. The Bertz CT molecular complexity index is 442. The van der Waals surface area contributed by atoms with Crippen molar-refractivity contribution < 1.29 is 8.42 Å². The van der Waals surface area contributed by atoms with Gasteiger partial charge in [-0.05, 0) is 19.4 Å². The molecule has 7 heteroatoms. The summed E-state index contributed by atoms with van der Waals surface area (Å²) in [5.41, 5.74) is 1.15. The molecule has 0 spiro atoms. The molecule has 0 aliphatic heterocycles. The SMILES string of the molecule is CCCn1cc(CNCCCNS(C)(=O)=O)cn1. The van der Waals surface area contributed by atoms with Gasteiger partial charge in [-0.15, -0.1) is 0 Å². The van der Waals surface area contributed by atoms with Gasteiger partial charge in [-0.25, -0.2) is 13.1 Å². The van der Waals surface area contributed by atoms with Crippen molar-refractivity contribution in [2.75, 3.05) is 19.3 Å². The number of hydrogen-bond donors (Lipinski definition) is 2. The van der Waals surface area contributed by atoms with Crippen molar-refractivity contribution in [2.24, 2.45) is 0 Å². The van der Waals surface area contributed by atoms with Gasteiger partial charge in [0.2, 0.25) is 10.0 Å². The zero-order valence-corrected chi connectivity index (χ0v) is 11.8. The Hall–Kier alpha value is -0.920. The second-order valence-corrected chi connectivity index (χ2v) is 6.14. The lowest BCUT2D eigenvalue weighted by Crippen LogP contribution is -2.26. The molecule has 0 radical (unpaired) electrons. The molecule has 104 valence electrons. The smallest absolute Gasteiger partial charge is 0.208 e. The summed E-state index contributed by atoms with van der Waals surface area (Å²) < 4.78 is 26.0. The highest BCUT2D eigenvalue weighted by Crippen LogP contribution is 1.98. The van der Waals surface area contributed by atoms with Crippen LogP contribution in [-0.4, -0.2) is 37.5 Å². The lowest BCUT2D eigenvalue weighted by Gasteiger charge is -2.03. The molecule has 0 saturated heterocycles. The molecule has 0 fully saturated rings. The van der Waals surface area contributed by atoms with Crippen molar-refractivity contribution in [3.63, 3.8) is 0 Å². The third-order valence-corrected chi connectivity index (χ3v) is 3.09. The van der Waals surface area contributed by atoms with E-state index in [1.165, 1.54) is 6.26 Å². The van der Waals surface area contributed by atoms with E-state index < -0.39 is 10.0 Å². The van der Waals surface area contributed by atoms with Crippen LogP contribution < -0.4 is 10.0 Å². The summed E-state index contributed by atoms with van der Waals surface area (Å²) >= 11 is 0.